The number of amides is 4. The number of nitrogens with zero attached hydrogens (tertiary/aromatic N) is 3. The minimum absolute atomic E-state index is 0.0697. The lowest BCUT2D eigenvalue weighted by atomic mass is 10.1. The maximum absolute atomic E-state index is 12.6. The summed E-state index contributed by atoms with van der Waals surface area (Å²) in [5.74, 6) is -1.12. The standard InChI is InChI=1S/C21H22N4O4S/c26-18(14-25-20(28)15-4-1-2-5-16(15)21(25)29)24-11-9-23(10-12-24)8-7-22-19(27)17-6-3-13-30-17/h1-6,13H,7-12,14H2,(H,22,27). The highest BCUT2D eigenvalue weighted by Gasteiger charge is 2.37. The molecule has 8 nitrogen and oxygen atoms in total. The number of benzene rings is 1. The van der Waals surface area contributed by atoms with E-state index < -0.39 is 11.8 Å². The Hall–Kier alpha value is -3.04. The van der Waals surface area contributed by atoms with Gasteiger partial charge >= 0.3 is 0 Å². The third-order valence-corrected chi connectivity index (χ3v) is 6.22. The second-order valence-electron chi connectivity index (χ2n) is 7.20. The lowest BCUT2D eigenvalue weighted by Crippen LogP contribution is -2.52. The van der Waals surface area contributed by atoms with Crippen LogP contribution in [0.1, 0.15) is 30.4 Å². The van der Waals surface area contributed by atoms with Gasteiger partial charge in [-0.25, -0.2) is 0 Å². The molecule has 9 heteroatoms. The molecule has 1 saturated heterocycles. The first-order valence-electron chi connectivity index (χ1n) is 9.81. The maximum atomic E-state index is 12.6. The van der Waals surface area contributed by atoms with Crippen LogP contribution in [0, 0.1) is 0 Å². The third-order valence-electron chi connectivity index (χ3n) is 5.36. The summed E-state index contributed by atoms with van der Waals surface area (Å²) >= 11 is 1.41. The normalized spacial score (nSPS) is 16.7. The number of piperazine rings is 1. The van der Waals surface area contributed by atoms with Crippen molar-refractivity contribution in [2.75, 3.05) is 45.8 Å². The summed E-state index contributed by atoms with van der Waals surface area (Å²) < 4.78 is 0. The van der Waals surface area contributed by atoms with Gasteiger partial charge in [-0.05, 0) is 23.6 Å². The van der Waals surface area contributed by atoms with Crippen molar-refractivity contribution < 1.29 is 19.2 Å². The lowest BCUT2D eigenvalue weighted by Gasteiger charge is -2.35. The van der Waals surface area contributed by atoms with Gasteiger partial charge in [0, 0.05) is 39.3 Å². The van der Waals surface area contributed by atoms with Gasteiger partial charge in [-0.1, -0.05) is 18.2 Å². The van der Waals surface area contributed by atoms with E-state index in [1.165, 1.54) is 11.3 Å². The van der Waals surface area contributed by atoms with Gasteiger partial charge in [-0.15, -0.1) is 11.3 Å². The van der Waals surface area contributed by atoms with Gasteiger partial charge < -0.3 is 10.2 Å². The average molecular weight is 426 g/mol. The second-order valence-corrected chi connectivity index (χ2v) is 8.15. The summed E-state index contributed by atoms with van der Waals surface area (Å²) in [4.78, 5) is 55.0. The summed E-state index contributed by atoms with van der Waals surface area (Å²) in [5.41, 5.74) is 0.703. The third kappa shape index (κ3) is 4.12. The van der Waals surface area contributed by atoms with E-state index in [4.69, 9.17) is 0 Å². The molecule has 1 aromatic heterocycles. The van der Waals surface area contributed by atoms with Crippen molar-refractivity contribution in [3.63, 3.8) is 0 Å². The van der Waals surface area contributed by atoms with Gasteiger partial charge in [0.05, 0.1) is 16.0 Å². The molecule has 0 atom stereocenters. The molecule has 1 aromatic carbocycles. The second kappa shape index (κ2) is 8.76. The Morgan fingerprint density at radius 1 is 0.933 bits per heavy atom. The molecule has 4 amide bonds. The minimum Gasteiger partial charge on any atom is -0.350 e. The van der Waals surface area contributed by atoms with Crippen LogP contribution in [0.3, 0.4) is 0 Å². The molecule has 0 saturated carbocycles. The fourth-order valence-corrected chi connectivity index (χ4v) is 4.30. The SMILES string of the molecule is O=C(NCCN1CCN(C(=O)CN2C(=O)c3ccccc3C2=O)CC1)c1cccs1. The van der Waals surface area contributed by atoms with Crippen LogP contribution < -0.4 is 5.32 Å². The average Bonchev–Trinajstić information content (AvgIpc) is 3.38. The summed E-state index contributed by atoms with van der Waals surface area (Å²) in [7, 11) is 0. The highest BCUT2D eigenvalue weighted by molar-refractivity contribution is 7.12. The molecule has 2 aliphatic rings. The Kier molecular flexibility index (Phi) is 5.91. The molecule has 0 unspecified atom stereocenters. The van der Waals surface area contributed by atoms with E-state index in [1.54, 1.807) is 35.2 Å². The number of nitrogens with one attached hydrogen (secondary N) is 1. The zero-order chi connectivity index (χ0) is 21.1. The van der Waals surface area contributed by atoms with E-state index >= 15 is 0 Å². The molecule has 2 aliphatic heterocycles. The minimum atomic E-state index is -0.413. The van der Waals surface area contributed by atoms with Gasteiger partial charge in [0.25, 0.3) is 17.7 Å². The van der Waals surface area contributed by atoms with E-state index in [0.717, 1.165) is 4.90 Å². The zero-order valence-corrected chi connectivity index (χ0v) is 17.2. The Balaban J connectivity index is 1.22. The first-order chi connectivity index (χ1) is 14.5. The van der Waals surface area contributed by atoms with E-state index in [0.29, 0.717) is 55.3 Å². The van der Waals surface area contributed by atoms with Crippen LogP contribution in [0.4, 0.5) is 0 Å². The van der Waals surface area contributed by atoms with E-state index in [2.05, 4.69) is 10.2 Å². The van der Waals surface area contributed by atoms with Crippen molar-refractivity contribution in [3.05, 3.63) is 57.8 Å². The number of imide groups is 1. The number of carbonyl (C=O) groups excluding carboxylic acids is 4. The number of thiophene rings is 1. The topological polar surface area (TPSA) is 90.0 Å². The van der Waals surface area contributed by atoms with E-state index in [-0.39, 0.29) is 18.4 Å². The quantitative estimate of drug-likeness (QED) is 0.694. The molecular formula is C21H22N4O4S. The molecule has 2 aromatic rings. The van der Waals surface area contributed by atoms with E-state index in [9.17, 15) is 19.2 Å². The highest BCUT2D eigenvalue weighted by atomic mass is 32.1. The number of hydrogen-bond acceptors (Lipinski definition) is 6. The Morgan fingerprint density at radius 2 is 1.60 bits per heavy atom. The molecule has 0 radical (unpaired) electrons. The molecule has 3 heterocycles. The van der Waals surface area contributed by atoms with Crippen LogP contribution in [0.25, 0.3) is 0 Å². The van der Waals surface area contributed by atoms with Crippen LogP contribution >= 0.6 is 11.3 Å². The van der Waals surface area contributed by atoms with Gasteiger partial charge in [0.2, 0.25) is 5.91 Å². The largest absolute Gasteiger partial charge is 0.350 e. The van der Waals surface area contributed by atoms with Crippen LogP contribution in [0.5, 0.6) is 0 Å². The monoisotopic (exact) mass is 426 g/mol. The maximum Gasteiger partial charge on any atom is 0.262 e. The van der Waals surface area contributed by atoms with Crippen LogP contribution in [-0.4, -0.2) is 84.1 Å². The number of hydrogen-bond donors (Lipinski definition) is 1. The molecule has 30 heavy (non-hydrogen) atoms. The van der Waals surface area contributed by atoms with Gasteiger partial charge in [0.1, 0.15) is 6.54 Å². The Morgan fingerprint density at radius 3 is 2.20 bits per heavy atom. The predicted octanol–water partition coefficient (Wildman–Crippen LogP) is 0.918. The number of rotatable bonds is 6. The summed E-state index contributed by atoms with van der Waals surface area (Å²) in [6.07, 6.45) is 0. The molecule has 0 spiro atoms. The van der Waals surface area contributed by atoms with Crippen LogP contribution in [0.2, 0.25) is 0 Å². The fraction of sp³-hybridized carbons (Fsp3) is 0.333. The van der Waals surface area contributed by atoms with E-state index in [1.807, 2.05) is 11.4 Å². The molecule has 4 rings (SSSR count). The van der Waals surface area contributed by atoms with Crippen molar-refractivity contribution in [1.82, 2.24) is 20.0 Å². The lowest BCUT2D eigenvalue weighted by molar-refractivity contribution is -0.133. The molecule has 0 aliphatic carbocycles. The molecule has 0 bridgehead atoms. The van der Waals surface area contributed by atoms with Crippen molar-refractivity contribution in [2.24, 2.45) is 0 Å². The number of carbonyl (C=O) groups is 4. The Labute approximate surface area is 178 Å². The fourth-order valence-electron chi connectivity index (χ4n) is 3.66. The molecule has 1 N–H and O–H groups in total. The summed E-state index contributed by atoms with van der Waals surface area (Å²) in [6.45, 7) is 3.44. The van der Waals surface area contributed by atoms with Gasteiger partial charge in [0.15, 0.2) is 0 Å². The summed E-state index contributed by atoms with van der Waals surface area (Å²) in [5, 5.41) is 4.77. The molecule has 1 fully saturated rings. The van der Waals surface area contributed by atoms with Crippen molar-refractivity contribution in [3.8, 4) is 0 Å². The Bertz CT molecular complexity index is 932. The molecular weight excluding hydrogens is 404 g/mol. The van der Waals surface area contributed by atoms with Crippen molar-refractivity contribution in [2.45, 2.75) is 0 Å². The first kappa shape index (κ1) is 20.2. The van der Waals surface area contributed by atoms with Gasteiger partial charge in [-0.2, -0.15) is 0 Å². The number of fused-ring (bicyclic) bond motifs is 1. The van der Waals surface area contributed by atoms with Gasteiger partial charge in [-0.3, -0.25) is 29.0 Å². The van der Waals surface area contributed by atoms with Crippen molar-refractivity contribution in [1.29, 1.82) is 0 Å². The van der Waals surface area contributed by atoms with Crippen LogP contribution in [0.15, 0.2) is 41.8 Å². The summed E-state index contributed by atoms with van der Waals surface area (Å²) in [6, 6.07) is 10.3. The smallest absolute Gasteiger partial charge is 0.262 e. The predicted molar refractivity (Wildman–Crippen MR) is 111 cm³/mol. The molecule has 156 valence electrons. The van der Waals surface area contributed by atoms with Crippen LogP contribution in [-0.2, 0) is 4.79 Å². The zero-order valence-electron chi connectivity index (χ0n) is 16.4. The van der Waals surface area contributed by atoms with Crippen molar-refractivity contribution >= 4 is 35.0 Å². The first-order valence-corrected chi connectivity index (χ1v) is 10.7. The highest BCUT2D eigenvalue weighted by Crippen LogP contribution is 2.22.